The van der Waals surface area contributed by atoms with Crippen LogP contribution < -0.4 is 5.73 Å². The summed E-state index contributed by atoms with van der Waals surface area (Å²) in [6, 6.07) is 4.36. The number of rotatable bonds is 5. The minimum absolute atomic E-state index is 0.0516. The molecule has 94 valence electrons. The number of nitrogens with two attached hydrogens (primary N) is 1. The SMILES string of the molecule is CCC(C)SCc1ccc(F)cc1C(N)=NO. The molecule has 0 saturated heterocycles. The topological polar surface area (TPSA) is 58.6 Å². The lowest BCUT2D eigenvalue weighted by molar-refractivity contribution is 0.318. The van der Waals surface area contributed by atoms with Gasteiger partial charge in [0.05, 0.1) is 0 Å². The Labute approximate surface area is 105 Å². The van der Waals surface area contributed by atoms with E-state index in [1.165, 1.54) is 12.1 Å². The number of nitrogens with zero attached hydrogens (tertiary/aromatic N) is 1. The van der Waals surface area contributed by atoms with Crippen LogP contribution in [0.2, 0.25) is 0 Å². The predicted molar refractivity (Wildman–Crippen MR) is 70.0 cm³/mol. The fourth-order valence-corrected chi connectivity index (χ4v) is 2.27. The van der Waals surface area contributed by atoms with Gasteiger partial charge in [0.2, 0.25) is 0 Å². The van der Waals surface area contributed by atoms with Crippen molar-refractivity contribution in [3.05, 3.63) is 35.1 Å². The van der Waals surface area contributed by atoms with Gasteiger partial charge in [0.15, 0.2) is 5.84 Å². The molecule has 0 radical (unpaired) electrons. The molecule has 3 N–H and O–H groups in total. The van der Waals surface area contributed by atoms with Gasteiger partial charge in [-0.1, -0.05) is 25.1 Å². The van der Waals surface area contributed by atoms with E-state index in [-0.39, 0.29) is 11.7 Å². The smallest absolute Gasteiger partial charge is 0.170 e. The van der Waals surface area contributed by atoms with Crippen molar-refractivity contribution in [1.82, 2.24) is 0 Å². The summed E-state index contributed by atoms with van der Waals surface area (Å²) in [6.45, 7) is 4.25. The normalized spacial score (nSPS) is 13.7. The van der Waals surface area contributed by atoms with Crippen molar-refractivity contribution in [2.45, 2.75) is 31.3 Å². The molecular formula is C12H17FN2OS. The van der Waals surface area contributed by atoms with Crippen LogP contribution >= 0.6 is 11.8 Å². The fourth-order valence-electron chi connectivity index (χ4n) is 1.32. The second-order valence-electron chi connectivity index (χ2n) is 3.82. The quantitative estimate of drug-likeness (QED) is 0.368. The van der Waals surface area contributed by atoms with E-state index in [9.17, 15) is 4.39 Å². The highest BCUT2D eigenvalue weighted by atomic mass is 32.2. The van der Waals surface area contributed by atoms with Crippen LogP contribution in [0.3, 0.4) is 0 Å². The Balaban J connectivity index is 2.91. The largest absolute Gasteiger partial charge is 0.409 e. The predicted octanol–water partition coefficient (Wildman–Crippen LogP) is 2.95. The molecule has 0 spiro atoms. The first-order chi connectivity index (χ1) is 8.08. The number of hydrogen-bond acceptors (Lipinski definition) is 3. The summed E-state index contributed by atoms with van der Waals surface area (Å²) >= 11 is 1.76. The Morgan fingerprint density at radius 1 is 1.59 bits per heavy atom. The lowest BCUT2D eigenvalue weighted by Gasteiger charge is -2.11. The van der Waals surface area contributed by atoms with Crippen LogP contribution in [-0.4, -0.2) is 16.3 Å². The van der Waals surface area contributed by atoms with Crippen LogP contribution in [0, 0.1) is 5.82 Å². The van der Waals surface area contributed by atoms with E-state index in [1.807, 2.05) is 0 Å². The van der Waals surface area contributed by atoms with E-state index >= 15 is 0 Å². The summed E-state index contributed by atoms with van der Waals surface area (Å²) in [6.07, 6.45) is 1.07. The molecule has 0 fully saturated rings. The Morgan fingerprint density at radius 3 is 2.88 bits per heavy atom. The third-order valence-corrected chi connectivity index (χ3v) is 3.93. The molecule has 1 unspecified atom stereocenters. The molecule has 0 heterocycles. The van der Waals surface area contributed by atoms with Gasteiger partial charge in [-0.3, -0.25) is 0 Å². The van der Waals surface area contributed by atoms with Crippen molar-refractivity contribution in [2.75, 3.05) is 0 Å². The van der Waals surface area contributed by atoms with Gasteiger partial charge in [0, 0.05) is 16.6 Å². The van der Waals surface area contributed by atoms with Gasteiger partial charge in [0.1, 0.15) is 5.82 Å². The molecule has 3 nitrogen and oxygen atoms in total. The van der Waals surface area contributed by atoms with Crippen LogP contribution in [0.4, 0.5) is 4.39 Å². The summed E-state index contributed by atoms with van der Waals surface area (Å²) in [5.74, 6) is 0.286. The van der Waals surface area contributed by atoms with Gasteiger partial charge in [-0.05, 0) is 24.1 Å². The van der Waals surface area contributed by atoms with Gasteiger partial charge in [-0.25, -0.2) is 4.39 Å². The zero-order valence-corrected chi connectivity index (χ0v) is 10.8. The van der Waals surface area contributed by atoms with E-state index in [4.69, 9.17) is 10.9 Å². The number of halogens is 1. The summed E-state index contributed by atoms with van der Waals surface area (Å²) < 4.78 is 13.1. The zero-order valence-electron chi connectivity index (χ0n) is 9.98. The Kier molecular flexibility index (Phi) is 5.28. The first-order valence-corrected chi connectivity index (χ1v) is 6.51. The van der Waals surface area contributed by atoms with Gasteiger partial charge >= 0.3 is 0 Å². The molecular weight excluding hydrogens is 239 g/mol. The molecule has 0 saturated carbocycles. The molecule has 1 aromatic carbocycles. The monoisotopic (exact) mass is 256 g/mol. The first kappa shape index (κ1) is 13.8. The second kappa shape index (κ2) is 6.49. The third-order valence-electron chi connectivity index (χ3n) is 2.55. The summed E-state index contributed by atoms with van der Waals surface area (Å²) in [5.41, 5.74) is 6.87. The molecule has 1 atom stereocenters. The van der Waals surface area contributed by atoms with Crippen LogP contribution in [0.15, 0.2) is 23.4 Å². The van der Waals surface area contributed by atoms with E-state index in [1.54, 1.807) is 17.8 Å². The summed E-state index contributed by atoms with van der Waals surface area (Å²) in [7, 11) is 0. The van der Waals surface area contributed by atoms with Crippen molar-refractivity contribution in [2.24, 2.45) is 10.9 Å². The van der Waals surface area contributed by atoms with E-state index in [0.717, 1.165) is 17.7 Å². The Bertz CT molecular complexity index is 409. The summed E-state index contributed by atoms with van der Waals surface area (Å²) in [5, 5.41) is 12.1. The molecule has 0 amide bonds. The molecule has 1 rings (SSSR count). The van der Waals surface area contributed by atoms with E-state index in [0.29, 0.717) is 10.8 Å². The van der Waals surface area contributed by atoms with Crippen molar-refractivity contribution in [3.63, 3.8) is 0 Å². The molecule has 0 bridgehead atoms. The van der Waals surface area contributed by atoms with E-state index in [2.05, 4.69) is 19.0 Å². The number of thioether (sulfide) groups is 1. The number of hydrogen-bond donors (Lipinski definition) is 2. The summed E-state index contributed by atoms with van der Waals surface area (Å²) in [4.78, 5) is 0. The van der Waals surface area contributed by atoms with Gasteiger partial charge in [-0.2, -0.15) is 11.8 Å². The third kappa shape index (κ3) is 3.93. The van der Waals surface area contributed by atoms with E-state index < -0.39 is 0 Å². The number of benzene rings is 1. The molecule has 5 heteroatoms. The van der Waals surface area contributed by atoms with Gasteiger partial charge in [-0.15, -0.1) is 0 Å². The lowest BCUT2D eigenvalue weighted by atomic mass is 10.1. The maximum absolute atomic E-state index is 13.1. The van der Waals surface area contributed by atoms with Crippen molar-refractivity contribution in [3.8, 4) is 0 Å². The van der Waals surface area contributed by atoms with Crippen LogP contribution in [-0.2, 0) is 5.75 Å². The zero-order chi connectivity index (χ0) is 12.8. The van der Waals surface area contributed by atoms with Crippen molar-refractivity contribution in [1.29, 1.82) is 0 Å². The minimum atomic E-state index is -0.385. The highest BCUT2D eigenvalue weighted by Crippen LogP contribution is 2.22. The maximum Gasteiger partial charge on any atom is 0.170 e. The fraction of sp³-hybridized carbons (Fsp3) is 0.417. The Hall–Kier alpha value is -1.23. The highest BCUT2D eigenvalue weighted by Gasteiger charge is 2.10. The second-order valence-corrected chi connectivity index (χ2v) is 5.24. The first-order valence-electron chi connectivity index (χ1n) is 5.46. The molecule has 0 aliphatic rings. The Morgan fingerprint density at radius 2 is 2.29 bits per heavy atom. The maximum atomic E-state index is 13.1. The molecule has 17 heavy (non-hydrogen) atoms. The average Bonchev–Trinajstić information content (AvgIpc) is 2.35. The molecule has 0 aliphatic heterocycles. The molecule has 0 aliphatic carbocycles. The minimum Gasteiger partial charge on any atom is -0.409 e. The van der Waals surface area contributed by atoms with Crippen molar-refractivity contribution < 1.29 is 9.60 Å². The van der Waals surface area contributed by atoms with Crippen molar-refractivity contribution >= 4 is 17.6 Å². The van der Waals surface area contributed by atoms with Crippen LogP contribution in [0.25, 0.3) is 0 Å². The van der Waals surface area contributed by atoms with Gasteiger partial charge in [0.25, 0.3) is 0 Å². The lowest BCUT2D eigenvalue weighted by Crippen LogP contribution is -2.16. The highest BCUT2D eigenvalue weighted by molar-refractivity contribution is 7.99. The molecule has 0 aromatic heterocycles. The van der Waals surface area contributed by atoms with Crippen LogP contribution in [0.5, 0.6) is 0 Å². The molecule has 1 aromatic rings. The average molecular weight is 256 g/mol. The van der Waals surface area contributed by atoms with Crippen LogP contribution in [0.1, 0.15) is 31.4 Å². The standard InChI is InChI=1S/C12H17FN2OS/c1-3-8(2)17-7-9-4-5-10(13)6-11(9)12(14)15-16/h4-6,8,16H,3,7H2,1-2H3,(H2,14,15). The number of amidine groups is 1. The van der Waals surface area contributed by atoms with Gasteiger partial charge < -0.3 is 10.9 Å². The number of oxime groups is 1.